The summed E-state index contributed by atoms with van der Waals surface area (Å²) in [7, 11) is 6.19. The molecule has 3 aromatic rings. The first-order chi connectivity index (χ1) is 24.8. The van der Waals surface area contributed by atoms with E-state index in [1.807, 2.05) is 59.9 Å². The predicted octanol–water partition coefficient (Wildman–Crippen LogP) is 7.17. The molecule has 51 heavy (non-hydrogen) atoms. The van der Waals surface area contributed by atoms with E-state index in [2.05, 4.69) is 0 Å². The van der Waals surface area contributed by atoms with Crippen molar-refractivity contribution >= 4 is 35.5 Å². The Kier molecular flexibility index (Phi) is 10.6. The number of rotatable bonds is 12. The molecule has 1 N–H and O–H groups in total. The number of unbranched alkanes of at least 4 members (excludes halogenated alkanes) is 1. The molecular formula is C38H42O11S2. The van der Waals surface area contributed by atoms with E-state index in [1.54, 1.807) is 34.5 Å². The highest BCUT2D eigenvalue weighted by Gasteiger charge is 2.54. The van der Waals surface area contributed by atoms with Gasteiger partial charge in [0.25, 0.3) is 0 Å². The van der Waals surface area contributed by atoms with Crippen LogP contribution in [0.25, 0.3) is 0 Å². The number of carbonyl (C=O) groups excluding carboxylic acids is 2. The fourth-order valence-electron chi connectivity index (χ4n) is 7.62. The normalized spacial score (nSPS) is 24.6. The van der Waals surface area contributed by atoms with Crippen molar-refractivity contribution in [3.63, 3.8) is 0 Å². The Labute approximate surface area is 305 Å². The number of benzene rings is 3. The van der Waals surface area contributed by atoms with Crippen molar-refractivity contribution in [1.82, 2.24) is 0 Å². The van der Waals surface area contributed by atoms with E-state index in [9.17, 15) is 14.7 Å². The van der Waals surface area contributed by atoms with Crippen LogP contribution in [0.4, 0.5) is 0 Å². The first-order valence-electron chi connectivity index (χ1n) is 17.1. The number of methoxy groups -OCH3 is 4. The van der Waals surface area contributed by atoms with Crippen molar-refractivity contribution in [2.24, 2.45) is 11.8 Å². The third-order valence-electron chi connectivity index (χ3n) is 10.1. The Hall–Kier alpha value is -4.10. The molecule has 0 radical (unpaired) electrons. The maximum atomic E-state index is 13.5. The predicted molar refractivity (Wildman–Crippen MR) is 192 cm³/mol. The number of aromatic hydroxyl groups is 1. The van der Waals surface area contributed by atoms with Gasteiger partial charge in [-0.3, -0.25) is 9.59 Å². The van der Waals surface area contributed by atoms with Gasteiger partial charge >= 0.3 is 11.9 Å². The molecule has 7 rings (SSSR count). The zero-order chi connectivity index (χ0) is 35.6. The monoisotopic (exact) mass is 738 g/mol. The van der Waals surface area contributed by atoms with Crippen LogP contribution < -0.4 is 28.4 Å². The molecule has 2 unspecified atom stereocenters. The quantitative estimate of drug-likeness (QED) is 0.149. The van der Waals surface area contributed by atoms with Gasteiger partial charge in [0.15, 0.2) is 34.5 Å². The molecular weight excluding hydrogens is 697 g/mol. The van der Waals surface area contributed by atoms with Gasteiger partial charge in [-0.1, -0.05) is 12.5 Å². The molecule has 0 spiro atoms. The maximum Gasteiger partial charge on any atom is 0.310 e. The fraction of sp³-hybridized carbons (Fsp3) is 0.474. The van der Waals surface area contributed by atoms with E-state index in [0.29, 0.717) is 46.2 Å². The molecule has 0 saturated carbocycles. The lowest BCUT2D eigenvalue weighted by Crippen LogP contribution is -2.36. The molecule has 2 fully saturated rings. The zero-order valence-corrected chi connectivity index (χ0v) is 30.6. The van der Waals surface area contributed by atoms with E-state index < -0.39 is 23.9 Å². The lowest BCUT2D eigenvalue weighted by atomic mass is 9.66. The van der Waals surface area contributed by atoms with E-state index in [0.717, 1.165) is 47.3 Å². The van der Waals surface area contributed by atoms with Gasteiger partial charge in [0.2, 0.25) is 12.5 Å². The highest BCUT2D eigenvalue weighted by Crippen LogP contribution is 2.57. The minimum absolute atomic E-state index is 0.0771. The smallest absolute Gasteiger partial charge is 0.310 e. The number of esters is 2. The largest absolute Gasteiger partial charge is 0.504 e. The number of hydrogen-bond donors (Lipinski definition) is 1. The Morgan fingerprint density at radius 3 is 2.27 bits per heavy atom. The zero-order valence-electron chi connectivity index (χ0n) is 29.0. The standard InChI is InChI=1S/C38H42O11S2/c1-42-27-10-9-20(13-26(27)39)38-50-12-11-22(51-38)7-5-6-8-32(40)49-35-24-17-29-28(47-19-48-29)16-23(24)33(34-25(35)18-46-37(34)41)21-14-30(43-2)36(45-4)31(15-21)44-3/h9-10,13-17,22,25,33-35,38-39H,5-8,11-12,18-19H2,1-4H3/t22?,25-,33+,34-,35-,38?/m0/s1. The van der Waals surface area contributed by atoms with Crippen LogP contribution in [0.3, 0.4) is 0 Å². The molecule has 13 heteroatoms. The second-order valence-electron chi connectivity index (χ2n) is 12.9. The minimum Gasteiger partial charge on any atom is -0.504 e. The van der Waals surface area contributed by atoms with Crippen LogP contribution in [0.5, 0.6) is 40.2 Å². The molecule has 0 amide bonds. The Balaban J connectivity index is 1.06. The highest BCUT2D eigenvalue weighted by molar-refractivity contribution is 8.17. The summed E-state index contributed by atoms with van der Waals surface area (Å²) in [6, 6.07) is 13.1. The molecule has 0 bridgehead atoms. The SMILES string of the molecule is COc1ccc(C2SCCC(CCCCC(=O)O[C@H]3c4cc5c(cc4[C@@H](c4cc(OC)c(OC)c(OC)c4)[C@H]4C(=O)OC[C@@H]43)OCO5)S2)cc1O. The lowest BCUT2D eigenvalue weighted by Gasteiger charge is -2.38. The third kappa shape index (κ3) is 6.94. The molecule has 6 atom stereocenters. The van der Waals surface area contributed by atoms with E-state index >= 15 is 0 Å². The molecule has 3 aromatic carbocycles. The summed E-state index contributed by atoms with van der Waals surface area (Å²) in [4.78, 5) is 27.0. The van der Waals surface area contributed by atoms with Gasteiger partial charge in [-0.25, -0.2) is 0 Å². The summed E-state index contributed by atoms with van der Waals surface area (Å²) in [5, 5.41) is 10.7. The number of carbonyl (C=O) groups is 2. The van der Waals surface area contributed by atoms with Crippen LogP contribution >= 0.6 is 23.5 Å². The average molecular weight is 739 g/mol. The van der Waals surface area contributed by atoms with E-state index in [4.69, 9.17) is 37.9 Å². The van der Waals surface area contributed by atoms with Crippen molar-refractivity contribution in [2.45, 2.75) is 54.0 Å². The summed E-state index contributed by atoms with van der Waals surface area (Å²) in [5.74, 6) is 1.99. The molecule has 272 valence electrons. The van der Waals surface area contributed by atoms with Crippen LogP contribution in [-0.4, -0.2) is 69.9 Å². The number of phenols is 1. The van der Waals surface area contributed by atoms with Crippen molar-refractivity contribution in [3.8, 4) is 40.2 Å². The van der Waals surface area contributed by atoms with Crippen LogP contribution in [0.1, 0.15) is 71.0 Å². The van der Waals surface area contributed by atoms with Gasteiger partial charge in [0.1, 0.15) is 6.10 Å². The summed E-state index contributed by atoms with van der Waals surface area (Å²) in [6.07, 6.45) is 3.21. The molecule has 3 heterocycles. The highest BCUT2D eigenvalue weighted by atomic mass is 32.2. The van der Waals surface area contributed by atoms with Crippen molar-refractivity contribution < 1.29 is 52.6 Å². The second kappa shape index (κ2) is 15.2. The van der Waals surface area contributed by atoms with Gasteiger partial charge < -0.3 is 43.0 Å². The lowest BCUT2D eigenvalue weighted by molar-refractivity contribution is -0.154. The van der Waals surface area contributed by atoms with Gasteiger partial charge in [-0.2, -0.15) is 0 Å². The first-order valence-corrected chi connectivity index (χ1v) is 19.1. The summed E-state index contributed by atoms with van der Waals surface area (Å²) >= 11 is 3.80. The van der Waals surface area contributed by atoms with Gasteiger partial charge in [0, 0.05) is 29.1 Å². The molecule has 2 saturated heterocycles. The van der Waals surface area contributed by atoms with Gasteiger partial charge in [-0.05, 0) is 78.1 Å². The van der Waals surface area contributed by atoms with E-state index in [-0.39, 0.29) is 42.1 Å². The number of phenolic OH excluding ortho intramolecular Hbond substituents is 1. The molecule has 0 aromatic heterocycles. The average Bonchev–Trinajstić information content (AvgIpc) is 3.78. The topological polar surface area (TPSA) is 128 Å². The Morgan fingerprint density at radius 1 is 0.863 bits per heavy atom. The number of cyclic esters (lactones) is 1. The van der Waals surface area contributed by atoms with Gasteiger partial charge in [0.05, 0.1) is 45.5 Å². The third-order valence-corrected chi connectivity index (χ3v) is 13.2. The Bertz CT molecular complexity index is 1760. The first kappa shape index (κ1) is 35.3. The van der Waals surface area contributed by atoms with Crippen molar-refractivity contribution in [3.05, 3.63) is 64.7 Å². The van der Waals surface area contributed by atoms with Crippen LogP contribution in [0.2, 0.25) is 0 Å². The van der Waals surface area contributed by atoms with Crippen LogP contribution in [-0.2, 0) is 19.1 Å². The summed E-state index contributed by atoms with van der Waals surface area (Å²) in [5.41, 5.74) is 3.40. The molecule has 11 nitrogen and oxygen atoms in total. The molecule has 4 aliphatic rings. The number of ether oxygens (including phenoxy) is 8. The van der Waals surface area contributed by atoms with Crippen LogP contribution in [0, 0.1) is 11.8 Å². The summed E-state index contributed by atoms with van der Waals surface area (Å²) < 4.78 is 45.8. The van der Waals surface area contributed by atoms with Crippen molar-refractivity contribution in [2.75, 3.05) is 47.6 Å². The molecule has 3 aliphatic heterocycles. The maximum absolute atomic E-state index is 13.5. The minimum atomic E-state index is -0.704. The number of thioether (sulfide) groups is 2. The van der Waals surface area contributed by atoms with Crippen LogP contribution in [0.15, 0.2) is 42.5 Å². The van der Waals surface area contributed by atoms with E-state index in [1.165, 1.54) is 0 Å². The number of hydrogen-bond acceptors (Lipinski definition) is 13. The second-order valence-corrected chi connectivity index (χ2v) is 15.8. The summed E-state index contributed by atoms with van der Waals surface area (Å²) in [6.45, 7) is 0.202. The fourth-order valence-corrected chi connectivity index (χ4v) is 11.0. The van der Waals surface area contributed by atoms with Gasteiger partial charge in [-0.15, -0.1) is 23.5 Å². The Morgan fingerprint density at radius 2 is 1.59 bits per heavy atom. The van der Waals surface area contributed by atoms with Crippen molar-refractivity contribution in [1.29, 1.82) is 0 Å². The number of fused-ring (bicyclic) bond motifs is 3. The molecule has 1 aliphatic carbocycles.